The van der Waals surface area contributed by atoms with E-state index in [1.807, 2.05) is 0 Å². The zero-order valence-electron chi connectivity index (χ0n) is 13.8. The van der Waals surface area contributed by atoms with Crippen LogP contribution in [0.15, 0.2) is 42.6 Å². The van der Waals surface area contributed by atoms with Gasteiger partial charge in [0.15, 0.2) is 0 Å². The first kappa shape index (κ1) is 20.2. The van der Waals surface area contributed by atoms with Crippen LogP contribution in [0.2, 0.25) is 0 Å². The fraction of sp³-hybridized carbons (Fsp3) is 0.235. The third kappa shape index (κ3) is 3.84. The van der Waals surface area contributed by atoms with Gasteiger partial charge in [0, 0.05) is 11.8 Å². The van der Waals surface area contributed by atoms with E-state index in [0.29, 0.717) is 11.1 Å². The monoisotopic (exact) mass is 423 g/mol. The van der Waals surface area contributed by atoms with Crippen LogP contribution in [0.1, 0.15) is 23.2 Å². The van der Waals surface area contributed by atoms with Crippen LogP contribution >= 0.6 is 0 Å². The molecule has 11 heteroatoms. The molecule has 4 nitrogen and oxygen atoms in total. The van der Waals surface area contributed by atoms with E-state index in [1.54, 1.807) is 0 Å². The Balaban J connectivity index is 2.06. The SMILES string of the molecule is O=S(=O)(OC1=CCCc2c1cccc2-c1ccnc(C(F)(F)F)c1)C(F)(F)F. The van der Waals surface area contributed by atoms with Gasteiger partial charge in [-0.1, -0.05) is 18.2 Å². The maximum atomic E-state index is 12.9. The molecule has 3 rings (SSSR count). The molecule has 1 heterocycles. The third-order valence-corrected chi connectivity index (χ3v) is 4.98. The molecule has 0 N–H and O–H groups in total. The molecule has 0 saturated heterocycles. The number of pyridine rings is 1. The van der Waals surface area contributed by atoms with E-state index in [0.717, 1.165) is 12.3 Å². The average molecular weight is 423 g/mol. The summed E-state index contributed by atoms with van der Waals surface area (Å²) in [5.41, 5.74) is -5.79. The minimum absolute atomic E-state index is 0.0712. The third-order valence-electron chi connectivity index (χ3n) is 4.01. The highest BCUT2D eigenvalue weighted by molar-refractivity contribution is 7.87. The Morgan fingerprint density at radius 2 is 1.68 bits per heavy atom. The Labute approximate surface area is 155 Å². The molecule has 2 aromatic rings. The van der Waals surface area contributed by atoms with Crippen molar-refractivity contribution >= 4 is 15.9 Å². The molecule has 0 unspecified atom stereocenters. The highest BCUT2D eigenvalue weighted by atomic mass is 32.2. The largest absolute Gasteiger partial charge is 0.534 e. The summed E-state index contributed by atoms with van der Waals surface area (Å²) in [6.45, 7) is 0. The Hall–Kier alpha value is -2.56. The zero-order chi connectivity index (χ0) is 20.7. The van der Waals surface area contributed by atoms with Crippen molar-refractivity contribution in [2.75, 3.05) is 0 Å². The van der Waals surface area contributed by atoms with E-state index in [2.05, 4.69) is 9.17 Å². The summed E-state index contributed by atoms with van der Waals surface area (Å²) in [6.07, 6.45) is -2.05. The second kappa shape index (κ2) is 6.80. The smallest absolute Gasteiger partial charge is 0.376 e. The lowest BCUT2D eigenvalue weighted by atomic mass is 9.88. The molecule has 1 aromatic carbocycles. The molecule has 0 radical (unpaired) electrons. The van der Waals surface area contributed by atoms with Crippen LogP contribution in [-0.2, 0) is 26.9 Å². The van der Waals surface area contributed by atoms with E-state index in [1.165, 1.54) is 30.3 Å². The lowest BCUT2D eigenvalue weighted by Crippen LogP contribution is -2.25. The van der Waals surface area contributed by atoms with Gasteiger partial charge >= 0.3 is 21.8 Å². The Bertz CT molecular complexity index is 1040. The molecule has 1 aromatic heterocycles. The molecule has 1 aliphatic carbocycles. The summed E-state index contributed by atoms with van der Waals surface area (Å²) in [7, 11) is -5.87. The van der Waals surface area contributed by atoms with Crippen molar-refractivity contribution in [2.24, 2.45) is 0 Å². The van der Waals surface area contributed by atoms with E-state index >= 15 is 0 Å². The number of benzene rings is 1. The maximum Gasteiger partial charge on any atom is 0.534 e. The summed E-state index contributed by atoms with van der Waals surface area (Å²) in [6, 6.07) is 6.39. The second-order valence-electron chi connectivity index (χ2n) is 5.85. The topological polar surface area (TPSA) is 56.3 Å². The van der Waals surface area contributed by atoms with Gasteiger partial charge in [-0.3, -0.25) is 4.98 Å². The molecule has 0 fully saturated rings. The molecular weight excluding hydrogens is 412 g/mol. The van der Waals surface area contributed by atoms with Crippen LogP contribution in [0.25, 0.3) is 16.9 Å². The predicted octanol–water partition coefficient (Wildman–Crippen LogP) is 4.92. The zero-order valence-corrected chi connectivity index (χ0v) is 14.6. The van der Waals surface area contributed by atoms with Crippen LogP contribution in [0.3, 0.4) is 0 Å². The van der Waals surface area contributed by atoms with Crippen LogP contribution < -0.4 is 0 Å². The van der Waals surface area contributed by atoms with Crippen molar-refractivity contribution in [3.05, 3.63) is 59.4 Å². The number of halogens is 6. The summed E-state index contributed by atoms with van der Waals surface area (Å²) in [4.78, 5) is 3.27. The van der Waals surface area contributed by atoms with Crippen molar-refractivity contribution < 1.29 is 38.9 Å². The van der Waals surface area contributed by atoms with Gasteiger partial charge in [-0.2, -0.15) is 34.8 Å². The van der Waals surface area contributed by atoms with E-state index in [9.17, 15) is 34.8 Å². The Morgan fingerprint density at radius 1 is 1.00 bits per heavy atom. The number of rotatable bonds is 3. The Morgan fingerprint density at radius 3 is 2.32 bits per heavy atom. The minimum Gasteiger partial charge on any atom is -0.376 e. The highest BCUT2D eigenvalue weighted by Crippen LogP contribution is 2.38. The molecule has 0 bridgehead atoms. The van der Waals surface area contributed by atoms with Gasteiger partial charge in [0.25, 0.3) is 0 Å². The number of aromatic nitrogens is 1. The van der Waals surface area contributed by atoms with Gasteiger partial charge in [0.1, 0.15) is 11.5 Å². The average Bonchev–Trinajstić information content (AvgIpc) is 2.60. The van der Waals surface area contributed by atoms with E-state index in [-0.39, 0.29) is 24.0 Å². The minimum atomic E-state index is -5.87. The first-order valence-electron chi connectivity index (χ1n) is 7.77. The molecule has 0 spiro atoms. The van der Waals surface area contributed by atoms with Gasteiger partial charge in [-0.05, 0) is 47.7 Å². The molecule has 0 amide bonds. The van der Waals surface area contributed by atoms with Crippen LogP contribution in [0, 0.1) is 0 Å². The van der Waals surface area contributed by atoms with Gasteiger partial charge in [0.05, 0.1) is 0 Å². The fourth-order valence-corrected chi connectivity index (χ4v) is 3.30. The van der Waals surface area contributed by atoms with Crippen molar-refractivity contribution in [2.45, 2.75) is 24.5 Å². The van der Waals surface area contributed by atoms with E-state index in [4.69, 9.17) is 0 Å². The van der Waals surface area contributed by atoms with Gasteiger partial charge in [-0.15, -0.1) is 0 Å². The molecule has 28 heavy (non-hydrogen) atoms. The first-order valence-corrected chi connectivity index (χ1v) is 9.18. The quantitative estimate of drug-likeness (QED) is 0.400. The lowest BCUT2D eigenvalue weighted by Gasteiger charge is -2.21. The number of fused-ring (bicyclic) bond motifs is 1. The highest BCUT2D eigenvalue weighted by Gasteiger charge is 2.49. The number of nitrogens with zero attached hydrogens (tertiary/aromatic N) is 1. The number of hydrogen-bond donors (Lipinski definition) is 0. The summed E-state index contributed by atoms with van der Waals surface area (Å²) < 4.78 is 103. The summed E-state index contributed by atoms with van der Waals surface area (Å²) in [5.74, 6) is -0.509. The molecule has 0 atom stereocenters. The van der Waals surface area contributed by atoms with Crippen molar-refractivity contribution in [1.82, 2.24) is 4.98 Å². The molecular formula is C17H11F6NO3S. The molecule has 0 aliphatic heterocycles. The number of alkyl halides is 6. The van der Waals surface area contributed by atoms with Gasteiger partial charge < -0.3 is 4.18 Å². The predicted molar refractivity (Wildman–Crippen MR) is 87.0 cm³/mol. The lowest BCUT2D eigenvalue weighted by molar-refractivity contribution is -0.141. The number of allylic oxidation sites excluding steroid dienone is 1. The Kier molecular flexibility index (Phi) is 4.90. The van der Waals surface area contributed by atoms with Gasteiger partial charge in [-0.25, -0.2) is 0 Å². The van der Waals surface area contributed by atoms with Crippen LogP contribution in [-0.4, -0.2) is 18.9 Å². The van der Waals surface area contributed by atoms with Crippen LogP contribution in [0.4, 0.5) is 26.3 Å². The maximum absolute atomic E-state index is 12.9. The molecule has 0 saturated carbocycles. The number of hydrogen-bond acceptors (Lipinski definition) is 4. The summed E-state index contributed by atoms with van der Waals surface area (Å²) in [5, 5.41) is 0. The fourth-order valence-electron chi connectivity index (χ4n) is 2.81. The second-order valence-corrected chi connectivity index (χ2v) is 7.39. The van der Waals surface area contributed by atoms with Crippen molar-refractivity contribution in [1.29, 1.82) is 0 Å². The molecule has 150 valence electrons. The van der Waals surface area contributed by atoms with Crippen LogP contribution in [0.5, 0.6) is 0 Å². The standard InChI is InChI=1S/C17H11F6NO3S/c18-16(19,20)15-9-10(7-8-24-15)11-3-1-5-13-12(11)4-2-6-14(13)27-28(25,26)17(21,22)23/h1,3,5-9H,2,4H2. The van der Waals surface area contributed by atoms with Crippen molar-refractivity contribution in [3.63, 3.8) is 0 Å². The van der Waals surface area contributed by atoms with Crippen molar-refractivity contribution in [3.8, 4) is 11.1 Å². The summed E-state index contributed by atoms with van der Waals surface area (Å²) >= 11 is 0. The first-order chi connectivity index (χ1) is 12.9. The van der Waals surface area contributed by atoms with E-state index < -0.39 is 33.3 Å². The van der Waals surface area contributed by atoms with Gasteiger partial charge in [0.2, 0.25) is 0 Å². The molecule has 1 aliphatic rings. The normalized spacial score (nSPS) is 15.0.